The van der Waals surface area contributed by atoms with Crippen molar-refractivity contribution in [3.63, 3.8) is 0 Å². The molecule has 1 aromatic carbocycles. The molecule has 2 nitrogen and oxygen atoms in total. The fourth-order valence-electron chi connectivity index (χ4n) is 1.59. The minimum atomic E-state index is 0.791. The molecule has 0 fully saturated rings. The fraction of sp³-hybridized carbons (Fsp3) is 0.538. The lowest BCUT2D eigenvalue weighted by Crippen LogP contribution is -2.02. The van der Waals surface area contributed by atoms with Gasteiger partial charge in [0.2, 0.25) is 0 Å². The lowest BCUT2D eigenvalue weighted by molar-refractivity contribution is 0.302. The van der Waals surface area contributed by atoms with Gasteiger partial charge in [0.15, 0.2) is 0 Å². The number of unbranched alkanes of at least 4 members (excludes halogenated alkanes) is 2. The lowest BCUT2D eigenvalue weighted by Gasteiger charge is -2.13. The first kappa shape index (κ1) is 11.9. The third-order valence-corrected chi connectivity index (χ3v) is 2.64. The summed E-state index contributed by atoms with van der Waals surface area (Å²) in [6, 6.07) is 3.95. The number of nitrogens with two attached hydrogens (primary N) is 1. The highest BCUT2D eigenvalue weighted by Gasteiger charge is 2.06. The summed E-state index contributed by atoms with van der Waals surface area (Å²) in [4.78, 5) is 0. The molecular weight excluding hydrogens is 186 g/mol. The van der Waals surface area contributed by atoms with E-state index in [4.69, 9.17) is 10.5 Å². The molecule has 15 heavy (non-hydrogen) atoms. The van der Waals surface area contributed by atoms with Gasteiger partial charge < -0.3 is 10.5 Å². The number of anilines is 1. The summed E-state index contributed by atoms with van der Waals surface area (Å²) in [6.45, 7) is 7.05. The predicted molar refractivity (Wildman–Crippen MR) is 65.3 cm³/mol. The number of hydrogen-bond donors (Lipinski definition) is 1. The molecule has 0 unspecified atom stereocenters. The van der Waals surface area contributed by atoms with Crippen LogP contribution in [0.25, 0.3) is 0 Å². The Kier molecular flexibility index (Phi) is 4.47. The van der Waals surface area contributed by atoms with Crippen LogP contribution in [0.4, 0.5) is 5.69 Å². The molecule has 0 amide bonds. The zero-order valence-electron chi connectivity index (χ0n) is 9.97. The first-order valence-electron chi connectivity index (χ1n) is 5.65. The molecule has 0 atom stereocenters. The lowest BCUT2D eigenvalue weighted by atomic mass is 10.1. The van der Waals surface area contributed by atoms with Gasteiger partial charge in [0.05, 0.1) is 6.61 Å². The summed E-state index contributed by atoms with van der Waals surface area (Å²) in [6.07, 6.45) is 3.56. The highest BCUT2D eigenvalue weighted by atomic mass is 16.5. The van der Waals surface area contributed by atoms with Gasteiger partial charge in [-0.25, -0.2) is 0 Å². The zero-order valence-corrected chi connectivity index (χ0v) is 9.97. The molecule has 0 aliphatic carbocycles. The Morgan fingerprint density at radius 3 is 2.60 bits per heavy atom. The van der Waals surface area contributed by atoms with E-state index in [-0.39, 0.29) is 0 Å². The van der Waals surface area contributed by atoms with Gasteiger partial charge in [-0.05, 0) is 31.9 Å². The number of rotatable bonds is 5. The molecule has 0 aliphatic heterocycles. The molecule has 0 saturated heterocycles. The number of hydrogen-bond acceptors (Lipinski definition) is 2. The van der Waals surface area contributed by atoms with Crippen LogP contribution in [0.2, 0.25) is 0 Å². The monoisotopic (exact) mass is 207 g/mol. The zero-order chi connectivity index (χ0) is 11.3. The second-order valence-corrected chi connectivity index (χ2v) is 3.98. The van der Waals surface area contributed by atoms with Gasteiger partial charge in [-0.1, -0.05) is 25.8 Å². The van der Waals surface area contributed by atoms with Crippen LogP contribution >= 0.6 is 0 Å². The molecule has 0 spiro atoms. The third kappa shape index (κ3) is 3.15. The molecule has 0 heterocycles. The van der Waals surface area contributed by atoms with E-state index in [0.717, 1.165) is 35.6 Å². The van der Waals surface area contributed by atoms with Crippen molar-refractivity contribution in [2.24, 2.45) is 0 Å². The first-order valence-corrected chi connectivity index (χ1v) is 5.65. The summed E-state index contributed by atoms with van der Waals surface area (Å²) in [5.74, 6) is 0.964. The van der Waals surface area contributed by atoms with Crippen molar-refractivity contribution in [3.05, 3.63) is 23.3 Å². The van der Waals surface area contributed by atoms with Crippen molar-refractivity contribution in [2.75, 3.05) is 12.3 Å². The van der Waals surface area contributed by atoms with Crippen LogP contribution in [0.3, 0.4) is 0 Å². The summed E-state index contributed by atoms with van der Waals surface area (Å²) >= 11 is 0. The van der Waals surface area contributed by atoms with E-state index in [2.05, 4.69) is 13.8 Å². The molecule has 0 radical (unpaired) electrons. The maximum atomic E-state index is 5.84. The second kappa shape index (κ2) is 5.64. The van der Waals surface area contributed by atoms with Crippen LogP contribution in [0.5, 0.6) is 5.75 Å². The largest absolute Gasteiger partial charge is 0.493 e. The summed E-state index contributed by atoms with van der Waals surface area (Å²) in [5.41, 5.74) is 8.88. The molecule has 0 saturated carbocycles. The molecule has 0 aromatic heterocycles. The fourth-order valence-corrected chi connectivity index (χ4v) is 1.59. The third-order valence-electron chi connectivity index (χ3n) is 2.64. The molecule has 0 bridgehead atoms. The Morgan fingerprint density at radius 1 is 1.20 bits per heavy atom. The molecule has 1 aromatic rings. The van der Waals surface area contributed by atoms with E-state index in [0.29, 0.717) is 0 Å². The quantitative estimate of drug-likeness (QED) is 0.593. The average molecular weight is 207 g/mol. The summed E-state index contributed by atoms with van der Waals surface area (Å²) in [5, 5.41) is 0. The van der Waals surface area contributed by atoms with Gasteiger partial charge in [0.1, 0.15) is 5.75 Å². The average Bonchev–Trinajstić information content (AvgIpc) is 2.23. The van der Waals surface area contributed by atoms with Crippen LogP contribution in [0.15, 0.2) is 12.1 Å². The van der Waals surface area contributed by atoms with Gasteiger partial charge >= 0.3 is 0 Å². The number of ether oxygens (including phenoxy) is 1. The molecule has 2 N–H and O–H groups in total. The molecule has 2 heteroatoms. The minimum Gasteiger partial charge on any atom is -0.493 e. The highest BCUT2D eigenvalue weighted by molar-refractivity contribution is 5.56. The Balaban J connectivity index is 2.63. The topological polar surface area (TPSA) is 35.2 Å². The van der Waals surface area contributed by atoms with Crippen LogP contribution in [-0.2, 0) is 0 Å². The van der Waals surface area contributed by atoms with E-state index < -0.39 is 0 Å². The Labute approximate surface area is 92.4 Å². The minimum absolute atomic E-state index is 0.791. The molecule has 0 aliphatic rings. The van der Waals surface area contributed by atoms with E-state index in [1.165, 1.54) is 12.8 Å². The van der Waals surface area contributed by atoms with Crippen LogP contribution in [0.1, 0.15) is 37.3 Å². The normalized spacial score (nSPS) is 10.3. The van der Waals surface area contributed by atoms with Gasteiger partial charge in [0.25, 0.3) is 0 Å². The Morgan fingerprint density at radius 2 is 1.93 bits per heavy atom. The van der Waals surface area contributed by atoms with Gasteiger partial charge in [0, 0.05) is 11.3 Å². The van der Waals surface area contributed by atoms with Crippen molar-refractivity contribution >= 4 is 5.69 Å². The highest BCUT2D eigenvalue weighted by Crippen LogP contribution is 2.27. The van der Waals surface area contributed by atoms with Crippen molar-refractivity contribution in [1.82, 2.24) is 0 Å². The van der Waals surface area contributed by atoms with E-state index >= 15 is 0 Å². The van der Waals surface area contributed by atoms with Crippen molar-refractivity contribution in [1.29, 1.82) is 0 Å². The van der Waals surface area contributed by atoms with E-state index in [1.807, 2.05) is 19.1 Å². The first-order chi connectivity index (χ1) is 7.16. The van der Waals surface area contributed by atoms with E-state index in [9.17, 15) is 0 Å². The van der Waals surface area contributed by atoms with Crippen molar-refractivity contribution in [2.45, 2.75) is 40.0 Å². The van der Waals surface area contributed by atoms with Gasteiger partial charge in [-0.2, -0.15) is 0 Å². The van der Waals surface area contributed by atoms with Crippen LogP contribution in [0, 0.1) is 13.8 Å². The van der Waals surface area contributed by atoms with Crippen LogP contribution in [-0.4, -0.2) is 6.61 Å². The standard InChI is InChI=1S/C13H21NO/c1-4-5-6-9-15-13-10(2)7-8-12(14)11(13)3/h7-8H,4-6,9,14H2,1-3H3. The number of aryl methyl sites for hydroxylation is 1. The second-order valence-electron chi connectivity index (χ2n) is 3.98. The molecule has 1 rings (SSSR count). The summed E-state index contributed by atoms with van der Waals surface area (Å²) in [7, 11) is 0. The molecular formula is C13H21NO. The Bertz CT molecular complexity index is 321. The van der Waals surface area contributed by atoms with Gasteiger partial charge in [-0.3, -0.25) is 0 Å². The van der Waals surface area contributed by atoms with Crippen LogP contribution < -0.4 is 10.5 Å². The maximum Gasteiger partial charge on any atom is 0.127 e. The summed E-state index contributed by atoms with van der Waals surface area (Å²) < 4.78 is 5.77. The molecule has 84 valence electrons. The number of benzene rings is 1. The maximum absolute atomic E-state index is 5.84. The smallest absolute Gasteiger partial charge is 0.127 e. The van der Waals surface area contributed by atoms with Crippen molar-refractivity contribution in [3.8, 4) is 5.75 Å². The van der Waals surface area contributed by atoms with Gasteiger partial charge in [-0.15, -0.1) is 0 Å². The van der Waals surface area contributed by atoms with Crippen molar-refractivity contribution < 1.29 is 4.74 Å². The van der Waals surface area contributed by atoms with E-state index in [1.54, 1.807) is 0 Å². The predicted octanol–water partition coefficient (Wildman–Crippen LogP) is 3.45. The SMILES string of the molecule is CCCCCOc1c(C)ccc(N)c1C. The Hall–Kier alpha value is -1.18. The number of nitrogen functional groups attached to an aromatic ring is 1.